The summed E-state index contributed by atoms with van der Waals surface area (Å²) in [7, 11) is 1.34. The van der Waals surface area contributed by atoms with Crippen molar-refractivity contribution in [2.45, 2.75) is 13.0 Å². The Morgan fingerprint density at radius 1 is 1.07 bits per heavy atom. The van der Waals surface area contributed by atoms with Crippen LogP contribution in [0.4, 0.5) is 14.9 Å². The van der Waals surface area contributed by atoms with Crippen LogP contribution in [0, 0.1) is 12.7 Å². The SMILES string of the molecule is COC(=O)C(c1ccc(F)cc1)N1CCN(C(=O)Nc2cccc(C)c2)CC1. The number of amides is 2. The molecule has 2 aromatic rings. The third-order valence-corrected chi connectivity index (χ3v) is 4.85. The molecule has 1 N–H and O–H groups in total. The zero-order valence-electron chi connectivity index (χ0n) is 16.0. The van der Waals surface area contributed by atoms with Gasteiger partial charge in [-0.3, -0.25) is 4.90 Å². The predicted molar refractivity (Wildman–Crippen MR) is 105 cm³/mol. The second-order valence-electron chi connectivity index (χ2n) is 6.80. The summed E-state index contributed by atoms with van der Waals surface area (Å²) in [6, 6.07) is 12.7. The van der Waals surface area contributed by atoms with Crippen LogP contribution in [0.25, 0.3) is 0 Å². The molecule has 1 fully saturated rings. The zero-order chi connectivity index (χ0) is 20.1. The lowest BCUT2D eigenvalue weighted by Gasteiger charge is -2.38. The maximum absolute atomic E-state index is 13.2. The van der Waals surface area contributed by atoms with Gasteiger partial charge in [0.2, 0.25) is 0 Å². The molecule has 28 heavy (non-hydrogen) atoms. The van der Waals surface area contributed by atoms with E-state index in [0.717, 1.165) is 11.3 Å². The Morgan fingerprint density at radius 2 is 1.75 bits per heavy atom. The topological polar surface area (TPSA) is 61.9 Å². The first-order chi connectivity index (χ1) is 13.5. The summed E-state index contributed by atoms with van der Waals surface area (Å²) in [4.78, 5) is 28.5. The number of carbonyl (C=O) groups excluding carboxylic acids is 2. The number of urea groups is 1. The molecular weight excluding hydrogens is 361 g/mol. The predicted octanol–water partition coefficient (Wildman–Crippen LogP) is 3.20. The zero-order valence-corrected chi connectivity index (χ0v) is 16.0. The van der Waals surface area contributed by atoms with Crippen LogP contribution in [0.3, 0.4) is 0 Å². The monoisotopic (exact) mass is 385 g/mol. The Bertz CT molecular complexity index is 833. The molecule has 0 aromatic heterocycles. The van der Waals surface area contributed by atoms with E-state index in [1.807, 2.05) is 36.1 Å². The summed E-state index contributed by atoms with van der Waals surface area (Å²) in [6.45, 7) is 3.95. The van der Waals surface area contributed by atoms with Crippen LogP contribution < -0.4 is 5.32 Å². The number of aryl methyl sites for hydroxylation is 1. The number of rotatable bonds is 4. The highest BCUT2D eigenvalue weighted by atomic mass is 19.1. The molecule has 1 aliphatic rings. The van der Waals surface area contributed by atoms with Crippen molar-refractivity contribution in [3.63, 3.8) is 0 Å². The Balaban J connectivity index is 1.64. The Kier molecular flexibility index (Phi) is 6.26. The highest BCUT2D eigenvalue weighted by Gasteiger charge is 2.32. The summed E-state index contributed by atoms with van der Waals surface area (Å²) in [5.74, 6) is -0.755. The average Bonchev–Trinajstić information content (AvgIpc) is 2.70. The lowest BCUT2D eigenvalue weighted by atomic mass is 10.0. The van der Waals surface area contributed by atoms with Gasteiger partial charge >= 0.3 is 12.0 Å². The molecular formula is C21H24FN3O3. The smallest absolute Gasteiger partial charge is 0.327 e. The van der Waals surface area contributed by atoms with Crippen molar-refractivity contribution in [1.29, 1.82) is 0 Å². The van der Waals surface area contributed by atoms with E-state index in [4.69, 9.17) is 4.74 Å². The largest absolute Gasteiger partial charge is 0.468 e. The lowest BCUT2D eigenvalue weighted by Crippen LogP contribution is -2.52. The molecule has 2 aromatic carbocycles. The van der Waals surface area contributed by atoms with E-state index in [2.05, 4.69) is 5.32 Å². The minimum Gasteiger partial charge on any atom is -0.468 e. The minimum atomic E-state index is -0.618. The molecule has 1 atom stereocenters. The molecule has 1 heterocycles. The third-order valence-electron chi connectivity index (χ3n) is 4.85. The number of anilines is 1. The fourth-order valence-electron chi connectivity index (χ4n) is 3.36. The average molecular weight is 385 g/mol. The first kappa shape index (κ1) is 19.8. The van der Waals surface area contributed by atoms with Gasteiger partial charge in [-0.2, -0.15) is 0 Å². The van der Waals surface area contributed by atoms with E-state index in [-0.39, 0.29) is 11.8 Å². The van der Waals surface area contributed by atoms with E-state index in [1.165, 1.54) is 19.2 Å². The highest BCUT2D eigenvalue weighted by molar-refractivity contribution is 5.89. The number of halogens is 1. The second kappa shape index (κ2) is 8.84. The molecule has 0 radical (unpaired) electrons. The lowest BCUT2D eigenvalue weighted by molar-refractivity contribution is -0.148. The first-order valence-corrected chi connectivity index (χ1v) is 9.18. The van der Waals surface area contributed by atoms with Crippen molar-refractivity contribution in [2.75, 3.05) is 38.6 Å². The Hall–Kier alpha value is -2.93. The Morgan fingerprint density at radius 3 is 2.36 bits per heavy atom. The van der Waals surface area contributed by atoms with Crippen LogP contribution in [0.5, 0.6) is 0 Å². The van der Waals surface area contributed by atoms with Crippen molar-refractivity contribution in [3.8, 4) is 0 Å². The standard InChI is InChI=1S/C21H24FN3O3/c1-15-4-3-5-18(14-15)23-21(27)25-12-10-24(11-13-25)19(20(26)28-2)16-6-8-17(22)9-7-16/h3-9,14,19H,10-13H2,1-2H3,(H,23,27). The van der Waals surface area contributed by atoms with Crippen LogP contribution in [0.1, 0.15) is 17.2 Å². The number of ether oxygens (including phenoxy) is 1. The number of hydrogen-bond acceptors (Lipinski definition) is 4. The number of carbonyl (C=O) groups is 2. The number of hydrogen-bond donors (Lipinski definition) is 1. The normalized spacial score (nSPS) is 15.8. The van der Waals surface area contributed by atoms with Gasteiger partial charge in [0.15, 0.2) is 0 Å². The van der Waals surface area contributed by atoms with Gasteiger partial charge in [-0.15, -0.1) is 0 Å². The van der Waals surface area contributed by atoms with Crippen molar-refractivity contribution in [2.24, 2.45) is 0 Å². The van der Waals surface area contributed by atoms with Crippen LogP contribution in [0.2, 0.25) is 0 Å². The number of nitrogens with zero attached hydrogens (tertiary/aromatic N) is 2. The molecule has 6 nitrogen and oxygen atoms in total. The van der Waals surface area contributed by atoms with Crippen LogP contribution in [-0.2, 0) is 9.53 Å². The molecule has 1 unspecified atom stereocenters. The van der Waals surface area contributed by atoms with Crippen LogP contribution in [0.15, 0.2) is 48.5 Å². The van der Waals surface area contributed by atoms with Crippen LogP contribution in [-0.4, -0.2) is 55.1 Å². The fourth-order valence-corrected chi connectivity index (χ4v) is 3.36. The van der Waals surface area contributed by atoms with Gasteiger partial charge in [0, 0.05) is 31.9 Å². The molecule has 148 valence electrons. The fraction of sp³-hybridized carbons (Fsp3) is 0.333. The molecule has 2 amide bonds. The first-order valence-electron chi connectivity index (χ1n) is 9.18. The number of esters is 1. The quantitative estimate of drug-likeness (QED) is 0.821. The number of methoxy groups -OCH3 is 1. The summed E-state index contributed by atoms with van der Waals surface area (Å²) < 4.78 is 18.2. The number of benzene rings is 2. The number of nitrogens with one attached hydrogen (secondary N) is 1. The highest BCUT2D eigenvalue weighted by Crippen LogP contribution is 2.24. The van der Waals surface area contributed by atoms with E-state index >= 15 is 0 Å². The van der Waals surface area contributed by atoms with Gasteiger partial charge in [-0.25, -0.2) is 14.0 Å². The molecule has 7 heteroatoms. The van der Waals surface area contributed by atoms with Crippen molar-refractivity contribution >= 4 is 17.7 Å². The molecule has 0 spiro atoms. The summed E-state index contributed by atoms with van der Waals surface area (Å²) in [5.41, 5.74) is 2.50. The van der Waals surface area contributed by atoms with Gasteiger partial charge in [-0.1, -0.05) is 24.3 Å². The summed E-state index contributed by atoms with van der Waals surface area (Å²) >= 11 is 0. The Labute approximate surface area is 163 Å². The van der Waals surface area contributed by atoms with Crippen LogP contribution >= 0.6 is 0 Å². The molecule has 1 saturated heterocycles. The van der Waals surface area contributed by atoms with Gasteiger partial charge < -0.3 is 15.0 Å². The molecule has 0 aliphatic carbocycles. The van der Waals surface area contributed by atoms with Crippen molar-refractivity contribution < 1.29 is 18.7 Å². The van der Waals surface area contributed by atoms with Crippen molar-refractivity contribution in [1.82, 2.24) is 9.80 Å². The molecule has 3 rings (SSSR count). The molecule has 0 saturated carbocycles. The maximum Gasteiger partial charge on any atom is 0.327 e. The third kappa shape index (κ3) is 4.67. The summed E-state index contributed by atoms with van der Waals surface area (Å²) in [5, 5.41) is 2.90. The number of piperazine rings is 1. The van der Waals surface area contributed by atoms with Gasteiger partial charge in [0.25, 0.3) is 0 Å². The molecule has 0 bridgehead atoms. The maximum atomic E-state index is 13.2. The molecule has 1 aliphatic heterocycles. The second-order valence-corrected chi connectivity index (χ2v) is 6.80. The van der Waals surface area contributed by atoms with Gasteiger partial charge in [0.05, 0.1) is 7.11 Å². The van der Waals surface area contributed by atoms with Gasteiger partial charge in [0.1, 0.15) is 11.9 Å². The van der Waals surface area contributed by atoms with E-state index in [9.17, 15) is 14.0 Å². The van der Waals surface area contributed by atoms with Gasteiger partial charge in [-0.05, 0) is 42.3 Å². The van der Waals surface area contributed by atoms with E-state index in [0.29, 0.717) is 31.7 Å². The van der Waals surface area contributed by atoms with E-state index < -0.39 is 12.0 Å². The minimum absolute atomic E-state index is 0.165. The van der Waals surface area contributed by atoms with E-state index in [1.54, 1.807) is 17.0 Å². The summed E-state index contributed by atoms with van der Waals surface area (Å²) in [6.07, 6.45) is 0. The van der Waals surface area contributed by atoms with Crippen molar-refractivity contribution in [3.05, 3.63) is 65.5 Å².